The molecule has 0 heterocycles. The minimum absolute atomic E-state index is 0.117. The van der Waals surface area contributed by atoms with Gasteiger partial charge in [-0.25, -0.2) is 0 Å². The number of rotatable bonds is 2. The van der Waals surface area contributed by atoms with Crippen LogP contribution in [0.4, 0.5) is 0 Å². The number of carbonyl (C=O) groups is 2. The van der Waals surface area contributed by atoms with Crippen LogP contribution in [0.15, 0.2) is 0 Å². The summed E-state index contributed by atoms with van der Waals surface area (Å²) in [4.78, 5) is 21.8. The zero-order chi connectivity index (χ0) is 10.3. The van der Waals surface area contributed by atoms with Gasteiger partial charge in [0.05, 0.1) is 5.41 Å². The molecule has 1 saturated carbocycles. The Hall–Kier alpha value is -0.860. The molecule has 1 aliphatic carbocycles. The van der Waals surface area contributed by atoms with Gasteiger partial charge in [0.2, 0.25) is 0 Å². The quantitative estimate of drug-likeness (QED) is 0.665. The SMILES string of the molecule is CC1(C)[C@@H](C=O)CC[C@@]1(C)C(=O)O. The van der Waals surface area contributed by atoms with Crippen LogP contribution in [0.25, 0.3) is 0 Å². The average Bonchev–Trinajstić information content (AvgIpc) is 2.25. The summed E-state index contributed by atoms with van der Waals surface area (Å²) in [5, 5.41) is 9.11. The van der Waals surface area contributed by atoms with Crippen LogP contribution in [-0.2, 0) is 9.59 Å². The molecule has 2 atom stereocenters. The highest BCUT2D eigenvalue weighted by molar-refractivity contribution is 5.77. The lowest BCUT2D eigenvalue weighted by Gasteiger charge is -2.36. The third-order valence-electron chi connectivity index (χ3n) is 3.94. The first-order chi connectivity index (χ1) is 5.86. The van der Waals surface area contributed by atoms with E-state index in [0.29, 0.717) is 12.8 Å². The molecule has 13 heavy (non-hydrogen) atoms. The van der Waals surface area contributed by atoms with Crippen LogP contribution in [0, 0.1) is 16.7 Å². The van der Waals surface area contributed by atoms with Crippen molar-refractivity contribution >= 4 is 12.3 Å². The Labute approximate surface area is 78.1 Å². The molecular weight excluding hydrogens is 168 g/mol. The smallest absolute Gasteiger partial charge is 0.309 e. The van der Waals surface area contributed by atoms with Crippen LogP contribution < -0.4 is 0 Å². The molecule has 0 bridgehead atoms. The third kappa shape index (κ3) is 1.18. The van der Waals surface area contributed by atoms with Gasteiger partial charge < -0.3 is 9.90 Å². The number of hydrogen-bond donors (Lipinski definition) is 1. The minimum Gasteiger partial charge on any atom is -0.481 e. The van der Waals surface area contributed by atoms with E-state index in [-0.39, 0.29) is 5.92 Å². The molecule has 3 nitrogen and oxygen atoms in total. The van der Waals surface area contributed by atoms with Gasteiger partial charge in [0.25, 0.3) is 0 Å². The summed E-state index contributed by atoms with van der Waals surface area (Å²) >= 11 is 0. The van der Waals surface area contributed by atoms with E-state index in [1.54, 1.807) is 6.92 Å². The zero-order valence-corrected chi connectivity index (χ0v) is 8.33. The summed E-state index contributed by atoms with van der Waals surface area (Å²) < 4.78 is 0. The number of hydrogen-bond acceptors (Lipinski definition) is 2. The first-order valence-corrected chi connectivity index (χ1v) is 4.55. The maximum absolute atomic E-state index is 11.1. The fourth-order valence-electron chi connectivity index (χ4n) is 2.16. The predicted molar refractivity (Wildman–Crippen MR) is 48.3 cm³/mol. The second-order valence-corrected chi connectivity index (χ2v) is 4.64. The highest BCUT2D eigenvalue weighted by atomic mass is 16.4. The van der Waals surface area contributed by atoms with E-state index in [1.165, 1.54) is 0 Å². The standard InChI is InChI=1S/C10H16O3/c1-9(2)7(6-11)4-5-10(9,3)8(12)13/h6-7H,4-5H2,1-3H3,(H,12,13)/t7-,10+/m1/s1. The molecule has 3 heteroatoms. The Morgan fingerprint density at radius 2 is 2.00 bits per heavy atom. The molecule has 1 rings (SSSR count). The Morgan fingerprint density at radius 1 is 1.46 bits per heavy atom. The molecule has 0 spiro atoms. The predicted octanol–water partition coefficient (Wildman–Crippen LogP) is 1.71. The van der Waals surface area contributed by atoms with Crippen molar-refractivity contribution in [2.45, 2.75) is 33.6 Å². The minimum atomic E-state index is -0.790. The first-order valence-electron chi connectivity index (χ1n) is 4.55. The van der Waals surface area contributed by atoms with Crippen molar-refractivity contribution in [1.82, 2.24) is 0 Å². The molecule has 0 aromatic carbocycles. The average molecular weight is 184 g/mol. The van der Waals surface area contributed by atoms with Crippen LogP contribution in [-0.4, -0.2) is 17.4 Å². The summed E-state index contributed by atoms with van der Waals surface area (Å²) in [5.41, 5.74) is -1.18. The van der Waals surface area contributed by atoms with Gasteiger partial charge in [-0.2, -0.15) is 0 Å². The largest absolute Gasteiger partial charge is 0.481 e. The van der Waals surface area contributed by atoms with E-state index in [4.69, 9.17) is 5.11 Å². The summed E-state index contributed by atoms with van der Waals surface area (Å²) in [6, 6.07) is 0. The molecule has 0 saturated heterocycles. The van der Waals surface area contributed by atoms with Crippen LogP contribution >= 0.6 is 0 Å². The summed E-state index contributed by atoms with van der Waals surface area (Å²) in [7, 11) is 0. The summed E-state index contributed by atoms with van der Waals surface area (Å²) in [5.74, 6) is -0.907. The fourth-order valence-corrected chi connectivity index (χ4v) is 2.16. The van der Waals surface area contributed by atoms with Crippen molar-refractivity contribution in [3.05, 3.63) is 0 Å². The van der Waals surface area contributed by atoms with Gasteiger partial charge in [0.1, 0.15) is 6.29 Å². The summed E-state index contributed by atoms with van der Waals surface area (Å²) in [6.45, 7) is 5.47. The molecule has 1 aliphatic rings. The molecule has 0 aromatic rings. The van der Waals surface area contributed by atoms with Gasteiger partial charge in [-0.05, 0) is 25.2 Å². The van der Waals surface area contributed by atoms with Gasteiger partial charge >= 0.3 is 5.97 Å². The zero-order valence-electron chi connectivity index (χ0n) is 8.33. The van der Waals surface area contributed by atoms with E-state index in [1.807, 2.05) is 13.8 Å². The number of aliphatic carboxylic acids is 1. The molecule has 0 amide bonds. The number of carboxylic acid groups (broad SMARTS) is 1. The van der Waals surface area contributed by atoms with Crippen LogP contribution in [0.2, 0.25) is 0 Å². The van der Waals surface area contributed by atoms with Crippen molar-refractivity contribution in [2.75, 3.05) is 0 Å². The monoisotopic (exact) mass is 184 g/mol. The topological polar surface area (TPSA) is 54.4 Å². The van der Waals surface area contributed by atoms with Crippen molar-refractivity contribution in [3.63, 3.8) is 0 Å². The molecule has 1 fully saturated rings. The lowest BCUT2D eigenvalue weighted by Crippen LogP contribution is -2.40. The Bertz CT molecular complexity index is 245. The van der Waals surface area contributed by atoms with Crippen molar-refractivity contribution in [3.8, 4) is 0 Å². The third-order valence-corrected chi connectivity index (χ3v) is 3.94. The molecule has 0 unspecified atom stereocenters. The highest BCUT2D eigenvalue weighted by Gasteiger charge is 2.55. The molecular formula is C10H16O3. The first kappa shape index (κ1) is 10.2. The normalized spacial score (nSPS) is 37.3. The summed E-state index contributed by atoms with van der Waals surface area (Å²) in [6.07, 6.45) is 2.19. The molecule has 1 N–H and O–H groups in total. The van der Waals surface area contributed by atoms with E-state index in [2.05, 4.69) is 0 Å². The van der Waals surface area contributed by atoms with Crippen molar-refractivity contribution in [1.29, 1.82) is 0 Å². The Kier molecular flexibility index (Phi) is 2.22. The molecule has 74 valence electrons. The molecule has 0 radical (unpaired) electrons. The van der Waals surface area contributed by atoms with E-state index in [9.17, 15) is 9.59 Å². The van der Waals surface area contributed by atoms with Crippen molar-refractivity contribution in [2.24, 2.45) is 16.7 Å². The number of carbonyl (C=O) groups excluding carboxylic acids is 1. The van der Waals surface area contributed by atoms with Crippen LogP contribution in [0.1, 0.15) is 33.6 Å². The van der Waals surface area contributed by atoms with Gasteiger partial charge in [-0.3, -0.25) is 4.79 Å². The van der Waals surface area contributed by atoms with Gasteiger partial charge in [0, 0.05) is 5.92 Å². The molecule has 0 aliphatic heterocycles. The lowest BCUT2D eigenvalue weighted by atomic mass is 9.66. The highest BCUT2D eigenvalue weighted by Crippen LogP contribution is 2.55. The van der Waals surface area contributed by atoms with E-state index < -0.39 is 16.8 Å². The molecule has 0 aromatic heterocycles. The Balaban J connectivity index is 3.05. The number of carboxylic acids is 1. The van der Waals surface area contributed by atoms with E-state index >= 15 is 0 Å². The maximum Gasteiger partial charge on any atom is 0.309 e. The fraction of sp³-hybridized carbons (Fsp3) is 0.800. The van der Waals surface area contributed by atoms with E-state index in [0.717, 1.165) is 6.29 Å². The van der Waals surface area contributed by atoms with Gasteiger partial charge in [-0.1, -0.05) is 13.8 Å². The number of aldehydes is 1. The van der Waals surface area contributed by atoms with Gasteiger partial charge in [0.15, 0.2) is 0 Å². The maximum atomic E-state index is 11.1. The van der Waals surface area contributed by atoms with Gasteiger partial charge in [-0.15, -0.1) is 0 Å². The second-order valence-electron chi connectivity index (χ2n) is 4.64. The van der Waals surface area contributed by atoms with Crippen molar-refractivity contribution < 1.29 is 14.7 Å². The van der Waals surface area contributed by atoms with Crippen LogP contribution in [0.3, 0.4) is 0 Å². The lowest BCUT2D eigenvalue weighted by molar-refractivity contribution is -0.154. The van der Waals surface area contributed by atoms with Crippen LogP contribution in [0.5, 0.6) is 0 Å². The second kappa shape index (κ2) is 2.82. The Morgan fingerprint density at radius 3 is 2.23 bits per heavy atom.